The van der Waals surface area contributed by atoms with Gasteiger partial charge in [0.25, 0.3) is 0 Å². The van der Waals surface area contributed by atoms with Gasteiger partial charge in [0, 0.05) is 30.3 Å². The summed E-state index contributed by atoms with van der Waals surface area (Å²) in [5.41, 5.74) is 2.30. The second-order valence-corrected chi connectivity index (χ2v) is 6.46. The highest BCUT2D eigenvalue weighted by molar-refractivity contribution is 6.41. The molecule has 1 heterocycles. The summed E-state index contributed by atoms with van der Waals surface area (Å²) in [7, 11) is 4.87. The van der Waals surface area contributed by atoms with Crippen LogP contribution in [0.25, 0.3) is 22.0 Å². The molecule has 2 aromatic carbocycles. The van der Waals surface area contributed by atoms with E-state index in [1.807, 2.05) is 32.0 Å². The predicted octanol–water partition coefficient (Wildman–Crippen LogP) is 7.11. The minimum absolute atomic E-state index is 0.426. The fraction of sp³-hybridized carbons (Fsp3) is 0.364. The maximum Gasteiger partial charge on any atom is 0.222 e. The van der Waals surface area contributed by atoms with Gasteiger partial charge in [-0.25, -0.2) is 9.97 Å². The van der Waals surface area contributed by atoms with Crippen molar-refractivity contribution in [2.45, 2.75) is 34.1 Å². The Kier molecular flexibility index (Phi) is 10.6. The molecule has 7 heteroatoms. The number of fused-ring (bicyclic) bond motifs is 1. The molecule has 3 aromatic rings. The largest absolute Gasteiger partial charge is 0.495 e. The van der Waals surface area contributed by atoms with Gasteiger partial charge in [0.1, 0.15) is 11.5 Å². The van der Waals surface area contributed by atoms with Crippen LogP contribution in [0, 0.1) is 0 Å². The Bertz CT molecular complexity index is 905. The van der Waals surface area contributed by atoms with Crippen molar-refractivity contribution >= 4 is 40.1 Å². The molecule has 3 rings (SSSR count). The number of hydrogen-bond acceptors (Lipinski definition) is 5. The molecule has 0 saturated heterocycles. The molecule has 0 aliphatic carbocycles. The predicted molar refractivity (Wildman–Crippen MR) is 125 cm³/mol. The molecule has 5 nitrogen and oxygen atoms in total. The number of nitrogens with one attached hydrogen (secondary N) is 1. The molecule has 158 valence electrons. The molecule has 0 aliphatic rings. The fourth-order valence-corrected chi connectivity index (χ4v) is 3.17. The van der Waals surface area contributed by atoms with Crippen LogP contribution in [0.4, 0.5) is 5.95 Å². The van der Waals surface area contributed by atoms with Gasteiger partial charge in [-0.05, 0) is 17.7 Å². The van der Waals surface area contributed by atoms with Crippen LogP contribution in [0.1, 0.15) is 34.1 Å². The van der Waals surface area contributed by atoms with Crippen molar-refractivity contribution in [3.63, 3.8) is 0 Å². The van der Waals surface area contributed by atoms with Gasteiger partial charge in [-0.15, -0.1) is 0 Å². The number of ether oxygens (including phenoxy) is 2. The molecule has 29 heavy (non-hydrogen) atoms. The van der Waals surface area contributed by atoms with Crippen molar-refractivity contribution < 1.29 is 9.47 Å². The Hall–Kier alpha value is -2.24. The van der Waals surface area contributed by atoms with Crippen molar-refractivity contribution in [3.05, 3.63) is 40.5 Å². The van der Waals surface area contributed by atoms with Gasteiger partial charge in [-0.2, -0.15) is 0 Å². The van der Waals surface area contributed by atoms with Crippen molar-refractivity contribution in [2.75, 3.05) is 26.6 Å². The van der Waals surface area contributed by atoms with Crippen molar-refractivity contribution in [1.82, 2.24) is 9.97 Å². The average Bonchev–Trinajstić information content (AvgIpc) is 2.75. The summed E-state index contributed by atoms with van der Waals surface area (Å²) in [6.45, 7) is 8.25. The van der Waals surface area contributed by atoms with E-state index in [4.69, 9.17) is 32.7 Å². The molecule has 0 aliphatic heterocycles. The third-order valence-corrected chi connectivity index (χ3v) is 4.42. The summed E-state index contributed by atoms with van der Waals surface area (Å²) < 4.78 is 10.6. The minimum atomic E-state index is 0.426. The Morgan fingerprint density at radius 2 is 1.52 bits per heavy atom. The van der Waals surface area contributed by atoms with Crippen LogP contribution in [0.5, 0.6) is 11.5 Å². The summed E-state index contributed by atoms with van der Waals surface area (Å²) in [4.78, 5) is 8.64. The van der Waals surface area contributed by atoms with E-state index in [0.717, 1.165) is 16.5 Å². The van der Waals surface area contributed by atoms with Crippen molar-refractivity contribution in [3.8, 4) is 22.6 Å². The smallest absolute Gasteiger partial charge is 0.222 e. The Morgan fingerprint density at radius 3 is 2.00 bits per heavy atom. The zero-order valence-corrected chi connectivity index (χ0v) is 19.6. The van der Waals surface area contributed by atoms with Gasteiger partial charge in [-0.3, -0.25) is 0 Å². The van der Waals surface area contributed by atoms with Crippen LogP contribution < -0.4 is 14.8 Å². The first-order valence-corrected chi connectivity index (χ1v) is 10.3. The van der Waals surface area contributed by atoms with E-state index >= 15 is 0 Å². The first kappa shape index (κ1) is 24.8. The van der Waals surface area contributed by atoms with Crippen LogP contribution in [-0.4, -0.2) is 31.2 Å². The molecule has 0 spiro atoms. The highest BCUT2D eigenvalue weighted by Crippen LogP contribution is 2.46. The van der Waals surface area contributed by atoms with Gasteiger partial charge < -0.3 is 14.8 Å². The number of halogens is 2. The third kappa shape index (κ3) is 5.87. The maximum atomic E-state index is 6.47. The van der Waals surface area contributed by atoms with Crippen LogP contribution >= 0.6 is 23.2 Å². The number of aromatic nitrogens is 2. The Balaban J connectivity index is 0.000000771. The summed E-state index contributed by atoms with van der Waals surface area (Å²) in [6.07, 6.45) is 3.00. The maximum absolute atomic E-state index is 6.47. The molecular weight excluding hydrogens is 409 g/mol. The number of benzene rings is 2. The summed E-state index contributed by atoms with van der Waals surface area (Å²) in [5.74, 6) is 1.55. The van der Waals surface area contributed by atoms with E-state index < -0.39 is 0 Å². The molecule has 0 unspecified atom stereocenters. The number of anilines is 1. The number of nitrogens with zero attached hydrogens (tertiary/aromatic N) is 2. The monoisotopic (exact) mass is 437 g/mol. The molecule has 0 radical (unpaired) electrons. The van der Waals surface area contributed by atoms with Crippen LogP contribution in [0.15, 0.2) is 30.5 Å². The third-order valence-electron chi connectivity index (χ3n) is 3.67. The van der Waals surface area contributed by atoms with E-state index in [1.165, 1.54) is 6.42 Å². The Morgan fingerprint density at radius 1 is 0.966 bits per heavy atom. The van der Waals surface area contributed by atoms with Crippen molar-refractivity contribution in [2.24, 2.45) is 0 Å². The topological polar surface area (TPSA) is 56.3 Å². The van der Waals surface area contributed by atoms with Crippen LogP contribution in [0.3, 0.4) is 0 Å². The van der Waals surface area contributed by atoms with Gasteiger partial charge >= 0.3 is 0 Å². The second-order valence-electron chi connectivity index (χ2n) is 5.71. The molecule has 0 saturated carbocycles. The average molecular weight is 438 g/mol. The molecule has 0 fully saturated rings. The fourth-order valence-electron chi connectivity index (χ4n) is 2.45. The lowest BCUT2D eigenvalue weighted by Crippen LogP contribution is -1.96. The first-order chi connectivity index (χ1) is 14.0. The molecule has 1 N–H and O–H groups in total. The quantitative estimate of drug-likeness (QED) is 0.471. The molecule has 0 atom stereocenters. The van der Waals surface area contributed by atoms with Gasteiger partial charge in [-0.1, -0.05) is 63.4 Å². The summed E-state index contributed by atoms with van der Waals surface area (Å²) in [5, 5.41) is 4.64. The lowest BCUT2D eigenvalue weighted by atomic mass is 10.0. The van der Waals surface area contributed by atoms with E-state index in [-0.39, 0.29) is 0 Å². The minimum Gasteiger partial charge on any atom is -0.495 e. The highest BCUT2D eigenvalue weighted by atomic mass is 35.5. The van der Waals surface area contributed by atoms with E-state index in [9.17, 15) is 0 Å². The lowest BCUT2D eigenvalue weighted by Gasteiger charge is -2.15. The zero-order chi connectivity index (χ0) is 22.0. The molecule has 0 bridgehead atoms. The number of methoxy groups -OCH3 is 2. The Labute approximate surface area is 183 Å². The molecule has 0 amide bonds. The molecule has 1 aromatic heterocycles. The van der Waals surface area contributed by atoms with E-state index in [2.05, 4.69) is 29.1 Å². The highest BCUT2D eigenvalue weighted by Gasteiger charge is 2.19. The van der Waals surface area contributed by atoms with Crippen molar-refractivity contribution in [1.29, 1.82) is 0 Å². The first-order valence-electron chi connectivity index (χ1n) is 9.55. The van der Waals surface area contributed by atoms with E-state index in [1.54, 1.807) is 33.5 Å². The lowest BCUT2D eigenvalue weighted by molar-refractivity contribution is 0.395. The summed E-state index contributed by atoms with van der Waals surface area (Å²) in [6, 6.07) is 7.39. The second kappa shape index (κ2) is 12.3. The van der Waals surface area contributed by atoms with Crippen LogP contribution in [-0.2, 0) is 0 Å². The number of hydrogen-bond donors (Lipinski definition) is 1. The van der Waals surface area contributed by atoms with Gasteiger partial charge in [0.2, 0.25) is 5.95 Å². The van der Waals surface area contributed by atoms with E-state index in [0.29, 0.717) is 33.1 Å². The normalized spacial score (nSPS) is 9.69. The SMILES string of the molecule is CC.CCC.CNc1ncc2cc(-c3c(Cl)c(OC)cc(OC)c3Cl)ccc2n1. The standard InChI is InChI=1S/C17H15Cl2N3O2.C3H8.C2H6/c1-20-17-21-8-10-6-9(4-5-11(10)22-17)14-15(18)12(23-2)7-13(24-3)16(14)19;1-3-2;1-2/h4-8H,1-3H3,(H,20,21,22);3H2,1-2H3;1-2H3. The summed E-state index contributed by atoms with van der Waals surface area (Å²) >= 11 is 12.9. The van der Waals surface area contributed by atoms with Gasteiger partial charge in [0.05, 0.1) is 29.8 Å². The molecular formula is C22H29Cl2N3O2. The number of rotatable bonds is 4. The van der Waals surface area contributed by atoms with Gasteiger partial charge in [0.15, 0.2) is 0 Å². The van der Waals surface area contributed by atoms with Crippen LogP contribution in [0.2, 0.25) is 10.0 Å². The zero-order valence-electron chi connectivity index (χ0n) is 18.1.